The van der Waals surface area contributed by atoms with E-state index in [0.29, 0.717) is 12.0 Å². The lowest BCUT2D eigenvalue weighted by Gasteiger charge is -2.08. The van der Waals surface area contributed by atoms with Gasteiger partial charge in [0, 0.05) is 6.54 Å². The summed E-state index contributed by atoms with van der Waals surface area (Å²) < 4.78 is 0. The maximum absolute atomic E-state index is 5.52. The predicted octanol–water partition coefficient (Wildman–Crippen LogP) is 4.25. The highest BCUT2D eigenvalue weighted by Crippen LogP contribution is 2.47. The molecule has 1 saturated carbocycles. The molecular weight excluding hydrogens is 194 g/mol. The fourth-order valence-electron chi connectivity index (χ4n) is 1.52. The maximum Gasteiger partial charge on any atom is 0.0178 e. The van der Waals surface area contributed by atoms with Gasteiger partial charge >= 0.3 is 0 Å². The van der Waals surface area contributed by atoms with Gasteiger partial charge in [0.25, 0.3) is 0 Å². The summed E-state index contributed by atoms with van der Waals surface area (Å²) >= 11 is 0. The summed E-state index contributed by atoms with van der Waals surface area (Å²) in [4.78, 5) is 0. The highest BCUT2D eigenvalue weighted by molar-refractivity contribution is 5.32. The Labute approximate surface area is 101 Å². The van der Waals surface area contributed by atoms with Gasteiger partial charge in [-0.3, -0.25) is 0 Å². The van der Waals surface area contributed by atoms with Crippen molar-refractivity contribution >= 4 is 0 Å². The van der Waals surface area contributed by atoms with Gasteiger partial charge in [0.05, 0.1) is 0 Å². The second-order valence-corrected chi connectivity index (χ2v) is 3.96. The molecule has 0 aliphatic heterocycles. The van der Waals surface area contributed by atoms with Crippen LogP contribution in [0, 0.1) is 0 Å². The molecule has 92 valence electrons. The first-order valence-corrected chi connectivity index (χ1v) is 6.54. The van der Waals surface area contributed by atoms with Crippen molar-refractivity contribution < 1.29 is 0 Å². The largest absolute Gasteiger partial charge is 0.326 e. The normalized spacial score (nSPS) is 15.1. The molecule has 0 unspecified atom stereocenters. The van der Waals surface area contributed by atoms with Crippen molar-refractivity contribution in [3.05, 3.63) is 35.4 Å². The summed E-state index contributed by atoms with van der Waals surface area (Å²) in [6.07, 6.45) is 2.68. The first-order chi connectivity index (χ1) is 7.74. The zero-order valence-corrected chi connectivity index (χ0v) is 11.5. The maximum atomic E-state index is 5.52. The fourth-order valence-corrected chi connectivity index (χ4v) is 1.52. The van der Waals surface area contributed by atoms with Crippen LogP contribution in [0.5, 0.6) is 0 Å². The van der Waals surface area contributed by atoms with Crippen LogP contribution in [0.25, 0.3) is 0 Å². The molecule has 2 rings (SSSR count). The van der Waals surface area contributed by atoms with E-state index in [-0.39, 0.29) is 0 Å². The van der Waals surface area contributed by atoms with Crippen LogP contribution in [0.15, 0.2) is 24.3 Å². The number of hydrogen-bond acceptors (Lipinski definition) is 1. The van der Waals surface area contributed by atoms with Crippen molar-refractivity contribution in [2.24, 2.45) is 5.73 Å². The molecular formula is C15H27N. The molecule has 1 aromatic rings. The van der Waals surface area contributed by atoms with Crippen molar-refractivity contribution in [3.8, 4) is 0 Å². The molecule has 1 aliphatic carbocycles. The zero-order chi connectivity index (χ0) is 12.6. The van der Waals surface area contributed by atoms with Crippen LogP contribution in [0.4, 0.5) is 0 Å². The zero-order valence-electron chi connectivity index (χ0n) is 11.5. The van der Waals surface area contributed by atoms with E-state index in [1.165, 1.54) is 24.0 Å². The molecule has 0 radical (unpaired) electrons. The lowest BCUT2D eigenvalue weighted by Crippen LogP contribution is -2.01. The van der Waals surface area contributed by atoms with Gasteiger partial charge in [0.15, 0.2) is 0 Å². The molecule has 1 heteroatoms. The smallest absolute Gasteiger partial charge is 0.0178 e. The Morgan fingerprint density at radius 3 is 1.75 bits per heavy atom. The number of benzene rings is 1. The van der Waals surface area contributed by atoms with Crippen molar-refractivity contribution in [1.29, 1.82) is 0 Å². The first-order valence-electron chi connectivity index (χ1n) is 6.54. The van der Waals surface area contributed by atoms with E-state index in [1.54, 1.807) is 0 Å². The van der Waals surface area contributed by atoms with Gasteiger partial charge in [0.1, 0.15) is 0 Å². The molecule has 0 heterocycles. The van der Waals surface area contributed by atoms with Crippen LogP contribution < -0.4 is 5.73 Å². The molecule has 1 aromatic carbocycles. The van der Waals surface area contributed by atoms with Gasteiger partial charge in [-0.05, 0) is 29.4 Å². The lowest BCUT2D eigenvalue weighted by molar-refractivity contribution is 0.786. The summed E-state index contributed by atoms with van der Waals surface area (Å²) in [5, 5.41) is 0. The van der Waals surface area contributed by atoms with Gasteiger partial charge in [-0.2, -0.15) is 0 Å². The SMILES string of the molecule is CC.CC.CC1(c2ccc(CN)cc2)CC1. The van der Waals surface area contributed by atoms with E-state index in [9.17, 15) is 0 Å². The Morgan fingerprint density at radius 2 is 1.44 bits per heavy atom. The highest BCUT2D eigenvalue weighted by Gasteiger charge is 2.38. The summed E-state index contributed by atoms with van der Waals surface area (Å²) in [6, 6.07) is 8.71. The molecule has 1 fully saturated rings. The minimum absolute atomic E-state index is 0.493. The van der Waals surface area contributed by atoms with Gasteiger partial charge in [-0.1, -0.05) is 58.9 Å². The standard InChI is InChI=1S/C11H15N.2C2H6/c1-11(6-7-11)10-4-2-9(8-12)3-5-10;2*1-2/h2-5H,6-8,12H2,1H3;2*1-2H3. The predicted molar refractivity (Wildman–Crippen MR) is 73.6 cm³/mol. The molecule has 16 heavy (non-hydrogen) atoms. The molecule has 0 bridgehead atoms. The molecule has 2 N–H and O–H groups in total. The van der Waals surface area contributed by atoms with Crippen LogP contribution in [0.1, 0.15) is 58.6 Å². The minimum Gasteiger partial charge on any atom is -0.326 e. The molecule has 0 atom stereocenters. The van der Waals surface area contributed by atoms with E-state index >= 15 is 0 Å². The van der Waals surface area contributed by atoms with Crippen LogP contribution in [0.2, 0.25) is 0 Å². The molecule has 1 nitrogen and oxygen atoms in total. The molecule has 0 spiro atoms. The van der Waals surface area contributed by atoms with Gasteiger partial charge in [0.2, 0.25) is 0 Å². The van der Waals surface area contributed by atoms with E-state index in [0.717, 1.165) is 0 Å². The van der Waals surface area contributed by atoms with Crippen molar-refractivity contribution in [2.75, 3.05) is 0 Å². The second kappa shape index (κ2) is 7.45. The van der Waals surface area contributed by atoms with Crippen LogP contribution in [-0.2, 0) is 12.0 Å². The van der Waals surface area contributed by atoms with E-state index in [4.69, 9.17) is 5.73 Å². The van der Waals surface area contributed by atoms with Crippen molar-refractivity contribution in [3.63, 3.8) is 0 Å². The summed E-state index contributed by atoms with van der Waals surface area (Å²) in [5.41, 5.74) is 8.71. The highest BCUT2D eigenvalue weighted by atomic mass is 14.5. The number of hydrogen-bond donors (Lipinski definition) is 1. The van der Waals surface area contributed by atoms with E-state index < -0.39 is 0 Å². The second-order valence-electron chi connectivity index (χ2n) is 3.96. The average Bonchev–Trinajstić information content (AvgIpc) is 3.14. The van der Waals surface area contributed by atoms with Gasteiger partial charge < -0.3 is 5.73 Å². The number of nitrogens with two attached hydrogens (primary N) is 1. The summed E-state index contributed by atoms with van der Waals surface area (Å²) in [6.45, 7) is 11.0. The third-order valence-corrected chi connectivity index (χ3v) is 2.89. The topological polar surface area (TPSA) is 26.0 Å². The van der Waals surface area contributed by atoms with Gasteiger partial charge in [-0.25, -0.2) is 0 Å². The third kappa shape index (κ3) is 3.97. The number of rotatable bonds is 2. The molecule has 0 amide bonds. The first kappa shape index (κ1) is 15.2. The Kier molecular flexibility index (Phi) is 7.07. The average molecular weight is 221 g/mol. The monoisotopic (exact) mass is 221 g/mol. The van der Waals surface area contributed by atoms with Crippen LogP contribution in [-0.4, -0.2) is 0 Å². The third-order valence-electron chi connectivity index (χ3n) is 2.89. The quantitative estimate of drug-likeness (QED) is 0.794. The van der Waals surface area contributed by atoms with Crippen LogP contribution in [0.3, 0.4) is 0 Å². The molecule has 0 saturated heterocycles. The Balaban J connectivity index is 0.000000509. The van der Waals surface area contributed by atoms with E-state index in [2.05, 4.69) is 31.2 Å². The van der Waals surface area contributed by atoms with Gasteiger partial charge in [-0.15, -0.1) is 0 Å². The molecule has 1 aliphatic rings. The fraction of sp³-hybridized carbons (Fsp3) is 0.600. The Morgan fingerprint density at radius 1 is 1.00 bits per heavy atom. The van der Waals surface area contributed by atoms with Crippen molar-refractivity contribution in [1.82, 2.24) is 0 Å². The van der Waals surface area contributed by atoms with E-state index in [1.807, 2.05) is 27.7 Å². The minimum atomic E-state index is 0.493. The summed E-state index contributed by atoms with van der Waals surface area (Å²) in [5.74, 6) is 0. The van der Waals surface area contributed by atoms with Crippen molar-refractivity contribution in [2.45, 2.75) is 59.4 Å². The molecule has 0 aromatic heterocycles. The van der Waals surface area contributed by atoms with Crippen LogP contribution >= 0.6 is 0 Å². The Hall–Kier alpha value is -0.820. The lowest BCUT2D eigenvalue weighted by atomic mass is 9.97. The summed E-state index contributed by atoms with van der Waals surface area (Å²) in [7, 11) is 0. The Bertz CT molecular complexity index is 270.